The summed E-state index contributed by atoms with van der Waals surface area (Å²) in [7, 11) is 0. The third-order valence-corrected chi connectivity index (χ3v) is 9.14. The zero-order valence-corrected chi connectivity index (χ0v) is 24.8. The minimum Gasteiger partial charge on any atom is -0.439 e. The summed E-state index contributed by atoms with van der Waals surface area (Å²) in [5.41, 5.74) is -1.37. The molecule has 0 radical (unpaired) electrons. The number of carbonyl (C=O) groups excluding carboxylic acids is 1. The monoisotopic (exact) mass is 636 g/mol. The number of nitrogens with zero attached hydrogens (tertiary/aromatic N) is 4. The van der Waals surface area contributed by atoms with Crippen molar-refractivity contribution < 1.29 is 35.9 Å². The van der Waals surface area contributed by atoms with Gasteiger partial charge in [0, 0.05) is 35.5 Å². The van der Waals surface area contributed by atoms with Gasteiger partial charge < -0.3 is 9.64 Å². The molecule has 3 aromatic rings. The summed E-state index contributed by atoms with van der Waals surface area (Å²) in [6, 6.07) is 6.40. The molecule has 44 heavy (non-hydrogen) atoms. The number of nitriles is 1. The predicted octanol–water partition coefficient (Wildman–Crippen LogP) is 8.96. The molecule has 2 aromatic heterocycles. The van der Waals surface area contributed by atoms with Gasteiger partial charge in [-0.15, -0.1) is 11.3 Å². The summed E-state index contributed by atoms with van der Waals surface area (Å²) >= 11 is 1.28. The molecule has 5 rings (SSSR count). The number of ether oxygens (including phenoxy) is 1. The van der Waals surface area contributed by atoms with Crippen molar-refractivity contribution in [1.82, 2.24) is 9.88 Å². The first-order valence-corrected chi connectivity index (χ1v) is 15.2. The maximum Gasteiger partial charge on any atom is 0.416 e. The number of hydrogen-bond acceptors (Lipinski definition) is 6. The molecule has 13 heteroatoms. The topological polar surface area (TPSA) is 69.5 Å². The van der Waals surface area contributed by atoms with Gasteiger partial charge in [0.1, 0.15) is 22.9 Å². The molecule has 234 valence electrons. The van der Waals surface area contributed by atoms with Crippen molar-refractivity contribution >= 4 is 23.2 Å². The van der Waals surface area contributed by atoms with E-state index in [1.165, 1.54) is 23.2 Å². The van der Waals surface area contributed by atoms with Crippen LogP contribution >= 0.6 is 11.3 Å². The molecule has 1 aliphatic carbocycles. The number of alkyl halides is 6. The van der Waals surface area contributed by atoms with Crippen molar-refractivity contribution in [2.24, 2.45) is 0 Å². The number of halogens is 6. The number of rotatable bonds is 7. The molecule has 0 spiro atoms. The number of thiophene rings is 1. The van der Waals surface area contributed by atoms with Crippen LogP contribution in [-0.2, 0) is 23.6 Å². The minimum atomic E-state index is -5.03. The highest BCUT2D eigenvalue weighted by Gasteiger charge is 2.43. The Morgan fingerprint density at radius 2 is 1.73 bits per heavy atom. The summed E-state index contributed by atoms with van der Waals surface area (Å²) in [5.74, 6) is 0.638. The van der Waals surface area contributed by atoms with Crippen LogP contribution < -0.4 is 4.90 Å². The highest BCUT2D eigenvalue weighted by molar-refractivity contribution is 7.11. The third-order valence-electron chi connectivity index (χ3n) is 8.32. The SMILES string of the molecule is CCN(c1ncc(-c2ccsc2C#N)cc1CN1C(=O)O[C@H](c2cc(C(F)(F)F)cc(C(F)(F)F)c2)[C@@H]1C)C1CCCCC1. The van der Waals surface area contributed by atoms with E-state index in [1.54, 1.807) is 17.6 Å². The van der Waals surface area contributed by atoms with Gasteiger partial charge in [0.25, 0.3) is 0 Å². The minimum absolute atomic E-state index is 0.0486. The lowest BCUT2D eigenvalue weighted by molar-refractivity contribution is -0.143. The normalized spacial score (nSPS) is 19.6. The van der Waals surface area contributed by atoms with E-state index in [2.05, 4.69) is 11.0 Å². The van der Waals surface area contributed by atoms with Crippen LogP contribution in [0, 0.1) is 11.3 Å². The van der Waals surface area contributed by atoms with Crippen LogP contribution in [0.3, 0.4) is 0 Å². The van der Waals surface area contributed by atoms with Gasteiger partial charge >= 0.3 is 18.4 Å². The Kier molecular flexibility index (Phi) is 8.84. The fourth-order valence-corrected chi connectivity index (χ4v) is 6.81. The van der Waals surface area contributed by atoms with E-state index >= 15 is 0 Å². The number of aromatic nitrogens is 1. The maximum absolute atomic E-state index is 13.6. The average Bonchev–Trinajstić information content (AvgIpc) is 3.58. The number of hydrogen-bond donors (Lipinski definition) is 0. The van der Waals surface area contributed by atoms with E-state index in [0.29, 0.717) is 46.1 Å². The summed E-state index contributed by atoms with van der Waals surface area (Å²) in [5, 5.41) is 11.4. The molecule has 3 heterocycles. The van der Waals surface area contributed by atoms with E-state index in [1.807, 2.05) is 13.0 Å². The number of amides is 1. The zero-order chi connectivity index (χ0) is 31.8. The molecule has 2 atom stereocenters. The van der Waals surface area contributed by atoms with Crippen molar-refractivity contribution in [1.29, 1.82) is 5.26 Å². The van der Waals surface area contributed by atoms with E-state index in [-0.39, 0.29) is 18.7 Å². The second-order valence-corrected chi connectivity index (χ2v) is 12.0. The fourth-order valence-electron chi connectivity index (χ4n) is 6.11. The molecular weight excluding hydrogens is 606 g/mol. The molecule has 1 aliphatic heterocycles. The van der Waals surface area contributed by atoms with Gasteiger partial charge in [-0.25, -0.2) is 9.78 Å². The van der Waals surface area contributed by atoms with Crippen molar-refractivity contribution in [2.45, 2.75) is 83.0 Å². The van der Waals surface area contributed by atoms with E-state index in [9.17, 15) is 36.4 Å². The van der Waals surface area contributed by atoms with E-state index in [4.69, 9.17) is 9.72 Å². The first kappa shape index (κ1) is 31.6. The van der Waals surface area contributed by atoms with Crippen LogP contribution in [0.15, 0.2) is 41.9 Å². The molecule has 1 amide bonds. The average molecular weight is 637 g/mol. The highest BCUT2D eigenvalue weighted by atomic mass is 32.1. The molecular formula is C31H30F6N4O2S. The fraction of sp³-hybridized carbons (Fsp3) is 0.452. The molecule has 0 unspecified atom stereocenters. The van der Waals surface area contributed by atoms with Crippen LogP contribution in [0.1, 0.15) is 79.2 Å². The number of cyclic esters (lactones) is 1. The van der Waals surface area contributed by atoms with Crippen LogP contribution in [-0.4, -0.2) is 34.6 Å². The second-order valence-electron chi connectivity index (χ2n) is 11.1. The maximum atomic E-state index is 13.6. The third kappa shape index (κ3) is 6.36. The lowest BCUT2D eigenvalue weighted by atomic mass is 9.93. The molecule has 2 fully saturated rings. The number of benzene rings is 1. The van der Waals surface area contributed by atoms with Gasteiger partial charge in [-0.2, -0.15) is 31.6 Å². The number of anilines is 1. The Hall–Kier alpha value is -3.79. The molecule has 1 aromatic carbocycles. The highest BCUT2D eigenvalue weighted by Crippen LogP contribution is 2.42. The summed E-state index contributed by atoms with van der Waals surface area (Å²) in [6.07, 6.45) is -5.37. The summed E-state index contributed by atoms with van der Waals surface area (Å²) < 4.78 is 86.8. The predicted molar refractivity (Wildman–Crippen MR) is 153 cm³/mol. The van der Waals surface area contributed by atoms with Crippen molar-refractivity contribution in [2.75, 3.05) is 11.4 Å². The van der Waals surface area contributed by atoms with Gasteiger partial charge in [-0.3, -0.25) is 4.90 Å². The quantitative estimate of drug-likeness (QED) is 0.242. The summed E-state index contributed by atoms with van der Waals surface area (Å²) in [6.45, 7) is 4.13. The number of carbonyl (C=O) groups is 1. The molecule has 1 saturated carbocycles. The Morgan fingerprint density at radius 1 is 1.07 bits per heavy atom. The lowest BCUT2D eigenvalue weighted by Gasteiger charge is -2.36. The van der Waals surface area contributed by atoms with Crippen molar-refractivity contribution in [3.63, 3.8) is 0 Å². The lowest BCUT2D eigenvalue weighted by Crippen LogP contribution is -2.39. The molecule has 0 bridgehead atoms. The standard InChI is InChI=1S/C31H30F6N4O2S/c1-3-40(24-7-5-4-6-8-24)28-21(11-20(16-39-28)25-9-10-44-26(25)15-38)17-41-18(2)27(43-29(41)42)19-12-22(30(32,33)34)14-23(13-19)31(35,36)37/h9-14,16,18,24,27H,3-8,17H2,1-2H3/t18-,27-/m0/s1. The Balaban J connectivity index is 1.53. The first-order chi connectivity index (χ1) is 20.8. The Bertz CT molecular complexity index is 1530. The first-order valence-electron chi connectivity index (χ1n) is 14.3. The van der Waals surface area contributed by atoms with Crippen LogP contribution in [0.25, 0.3) is 11.1 Å². The zero-order valence-electron chi connectivity index (χ0n) is 24.0. The molecule has 1 saturated heterocycles. The molecule has 6 nitrogen and oxygen atoms in total. The van der Waals surface area contributed by atoms with Gasteiger partial charge in [-0.1, -0.05) is 19.3 Å². The molecule has 2 aliphatic rings. The Morgan fingerprint density at radius 3 is 2.32 bits per heavy atom. The smallest absolute Gasteiger partial charge is 0.416 e. The van der Waals surface area contributed by atoms with Crippen LogP contribution in [0.4, 0.5) is 37.0 Å². The van der Waals surface area contributed by atoms with E-state index < -0.39 is 47.3 Å². The number of pyridine rings is 1. The van der Waals surface area contributed by atoms with Gasteiger partial charge in [0.2, 0.25) is 0 Å². The van der Waals surface area contributed by atoms with E-state index in [0.717, 1.165) is 32.1 Å². The summed E-state index contributed by atoms with van der Waals surface area (Å²) in [4.78, 5) is 22.0. The van der Waals surface area contributed by atoms with Crippen LogP contribution in [0.2, 0.25) is 0 Å². The van der Waals surface area contributed by atoms with Gasteiger partial charge in [0.05, 0.1) is 23.7 Å². The Labute approximate surface area is 254 Å². The largest absolute Gasteiger partial charge is 0.439 e. The molecule has 0 N–H and O–H groups in total. The van der Waals surface area contributed by atoms with Crippen molar-refractivity contribution in [3.05, 3.63) is 69.0 Å². The van der Waals surface area contributed by atoms with Gasteiger partial charge in [0.15, 0.2) is 0 Å². The van der Waals surface area contributed by atoms with Crippen LogP contribution in [0.5, 0.6) is 0 Å². The van der Waals surface area contributed by atoms with Gasteiger partial charge in [-0.05, 0) is 68.0 Å². The second kappa shape index (κ2) is 12.3. The van der Waals surface area contributed by atoms with Crippen molar-refractivity contribution in [3.8, 4) is 17.2 Å².